The Balaban J connectivity index is 0.000000223. The summed E-state index contributed by atoms with van der Waals surface area (Å²) in [6.07, 6.45) is -0.854. The molecule has 1 saturated heterocycles. The van der Waals surface area contributed by atoms with E-state index in [1.165, 1.54) is 29.4 Å². The number of nitrogens with two attached hydrogens (primary N) is 1. The van der Waals surface area contributed by atoms with Crippen LogP contribution < -0.4 is 21.3 Å². The molecule has 5 heterocycles. The van der Waals surface area contributed by atoms with Crippen LogP contribution in [-0.4, -0.2) is 71.4 Å². The van der Waals surface area contributed by atoms with Crippen molar-refractivity contribution in [3.63, 3.8) is 0 Å². The molecule has 0 aliphatic carbocycles. The molecule has 1 unspecified atom stereocenters. The minimum absolute atomic E-state index is 0.112. The van der Waals surface area contributed by atoms with Crippen LogP contribution in [-0.2, 0) is 23.8 Å². The second-order valence-corrected chi connectivity index (χ2v) is 14.5. The van der Waals surface area contributed by atoms with E-state index in [1.54, 1.807) is 36.4 Å². The summed E-state index contributed by atoms with van der Waals surface area (Å²) in [5, 5.41) is 21.2. The van der Waals surface area contributed by atoms with Crippen molar-refractivity contribution >= 4 is 68.7 Å². The number of fused-ring (bicyclic) bond motifs is 3. The summed E-state index contributed by atoms with van der Waals surface area (Å²) in [5.41, 5.74) is 5.53. The van der Waals surface area contributed by atoms with E-state index in [-0.39, 0.29) is 33.3 Å². The van der Waals surface area contributed by atoms with Gasteiger partial charge in [-0.1, -0.05) is 24.3 Å². The Morgan fingerprint density at radius 3 is 2.06 bits per heavy atom. The number of nitrogens with zero attached hydrogens (tertiary/aromatic N) is 4. The molecule has 0 bridgehead atoms. The van der Waals surface area contributed by atoms with Crippen molar-refractivity contribution in [2.45, 2.75) is 34.3 Å². The van der Waals surface area contributed by atoms with Crippen LogP contribution in [0.4, 0.5) is 5.82 Å². The molecule has 1 aliphatic heterocycles. The number of ether oxygens (including phenoxy) is 1. The Hall–Kier alpha value is -4.76. The maximum absolute atomic E-state index is 12.7. The van der Waals surface area contributed by atoms with E-state index in [9.17, 15) is 36.6 Å². The van der Waals surface area contributed by atoms with E-state index in [2.05, 4.69) is 19.7 Å². The fourth-order valence-corrected chi connectivity index (χ4v) is 6.81. The van der Waals surface area contributed by atoms with E-state index in [0.29, 0.717) is 5.58 Å². The highest BCUT2D eigenvalue weighted by Crippen LogP contribution is 2.32. The summed E-state index contributed by atoms with van der Waals surface area (Å²) in [4.78, 5) is 35.1. The van der Waals surface area contributed by atoms with Gasteiger partial charge in [-0.2, -0.15) is 0 Å². The highest BCUT2D eigenvalue weighted by Gasteiger charge is 2.44. The standard InChI is InChI=1S/C19H18N6O7S.C9H5ClO4S/c20-17-13-18(22-7-21-17)25(8-23-13)19-16(28)15(27)11(32-19)5-24-33(29,30)12-6-31-10-4-2-1-3-9(10)14(12)26;10-15(12,13)8-5-14-7-4-2-1-3-6(7)9(8)11/h1-4,6-8,11,15-16,19,24,27-28H,5H2,(H2,20,21,22);1-5H/t11-,15+,16?,19-;/m1./s1. The molecule has 6 aromatic rings. The Kier molecular flexibility index (Phi) is 8.76. The summed E-state index contributed by atoms with van der Waals surface area (Å²) in [6, 6.07) is 12.6. The molecule has 5 N–H and O–H groups in total. The lowest BCUT2D eigenvalue weighted by molar-refractivity contribution is -0.0330. The number of para-hydroxylation sites is 2. The molecule has 20 heteroatoms. The predicted molar refractivity (Wildman–Crippen MR) is 169 cm³/mol. The number of aliphatic hydroxyl groups is 2. The summed E-state index contributed by atoms with van der Waals surface area (Å²) < 4.78 is 67.1. The van der Waals surface area contributed by atoms with Crippen LogP contribution in [0.3, 0.4) is 0 Å². The molecule has 0 radical (unpaired) electrons. The Morgan fingerprint density at radius 1 is 0.854 bits per heavy atom. The quantitative estimate of drug-likeness (QED) is 0.174. The van der Waals surface area contributed by atoms with E-state index >= 15 is 0 Å². The molecule has 0 spiro atoms. The molecule has 1 fully saturated rings. The number of rotatable bonds is 6. The average Bonchev–Trinajstić information content (AvgIpc) is 3.61. The molecule has 7 rings (SSSR count). The van der Waals surface area contributed by atoms with E-state index in [0.717, 1.165) is 12.5 Å². The van der Waals surface area contributed by atoms with Crippen molar-refractivity contribution in [2.75, 3.05) is 12.3 Å². The van der Waals surface area contributed by atoms with Crippen LogP contribution >= 0.6 is 10.7 Å². The molecule has 17 nitrogen and oxygen atoms in total. The zero-order chi connectivity index (χ0) is 34.4. The van der Waals surface area contributed by atoms with Gasteiger partial charge in [0.25, 0.3) is 9.05 Å². The van der Waals surface area contributed by atoms with Crippen molar-refractivity contribution in [2.24, 2.45) is 0 Å². The summed E-state index contributed by atoms with van der Waals surface area (Å²) >= 11 is 0. The minimum atomic E-state index is -4.31. The topological polar surface area (TPSA) is 260 Å². The number of nitrogens with one attached hydrogen (secondary N) is 1. The van der Waals surface area contributed by atoms with Gasteiger partial charge in [0, 0.05) is 17.2 Å². The number of aliphatic hydroxyl groups excluding tert-OH is 2. The highest BCUT2D eigenvalue weighted by atomic mass is 35.7. The number of anilines is 1. The third-order valence-corrected chi connectivity index (χ3v) is 10.0. The highest BCUT2D eigenvalue weighted by molar-refractivity contribution is 8.13. The van der Waals surface area contributed by atoms with Gasteiger partial charge in [0.05, 0.1) is 17.1 Å². The van der Waals surface area contributed by atoms with Crippen molar-refractivity contribution in [1.82, 2.24) is 24.2 Å². The van der Waals surface area contributed by atoms with Gasteiger partial charge in [-0.3, -0.25) is 14.2 Å². The fraction of sp³-hybridized carbons (Fsp3) is 0.179. The molecule has 2 aromatic carbocycles. The summed E-state index contributed by atoms with van der Waals surface area (Å²) in [6.45, 7) is -0.424. The van der Waals surface area contributed by atoms with Crippen LogP contribution in [0.2, 0.25) is 0 Å². The number of nitrogen functional groups attached to an aromatic ring is 1. The van der Waals surface area contributed by atoms with Gasteiger partial charge in [0.15, 0.2) is 27.5 Å². The Labute approximate surface area is 273 Å². The van der Waals surface area contributed by atoms with Gasteiger partial charge in [0.1, 0.15) is 53.8 Å². The van der Waals surface area contributed by atoms with Crippen molar-refractivity contribution in [3.05, 3.63) is 94.2 Å². The lowest BCUT2D eigenvalue weighted by Crippen LogP contribution is -2.40. The van der Waals surface area contributed by atoms with Gasteiger partial charge in [0.2, 0.25) is 20.9 Å². The minimum Gasteiger partial charge on any atom is -0.463 e. The third kappa shape index (κ3) is 6.15. The molecule has 4 atom stereocenters. The second kappa shape index (κ2) is 12.7. The lowest BCUT2D eigenvalue weighted by atomic mass is 10.1. The zero-order valence-corrected chi connectivity index (χ0v) is 26.5. The third-order valence-electron chi connectivity index (χ3n) is 7.32. The maximum atomic E-state index is 12.7. The molecule has 0 saturated carbocycles. The first-order valence-corrected chi connectivity index (χ1v) is 17.5. The first-order valence-electron chi connectivity index (χ1n) is 13.7. The fourth-order valence-electron chi connectivity index (χ4n) is 4.93. The van der Waals surface area contributed by atoms with E-state index in [4.69, 9.17) is 30.0 Å². The van der Waals surface area contributed by atoms with Crippen molar-refractivity contribution < 1.29 is 40.6 Å². The number of halogens is 1. The van der Waals surface area contributed by atoms with E-state index < -0.39 is 70.8 Å². The second-order valence-electron chi connectivity index (χ2n) is 10.3. The normalized spacial score (nSPS) is 19.8. The van der Waals surface area contributed by atoms with Gasteiger partial charge < -0.3 is 29.5 Å². The number of hydrogen-bond donors (Lipinski definition) is 4. The van der Waals surface area contributed by atoms with Gasteiger partial charge in [-0.15, -0.1) is 0 Å². The van der Waals surface area contributed by atoms with Crippen molar-refractivity contribution in [1.29, 1.82) is 0 Å². The Bertz CT molecular complexity index is 2520. The van der Waals surface area contributed by atoms with Crippen molar-refractivity contribution in [3.8, 4) is 0 Å². The monoisotopic (exact) mass is 718 g/mol. The smallest absolute Gasteiger partial charge is 0.268 e. The molecule has 0 amide bonds. The number of sulfonamides is 1. The first-order chi connectivity index (χ1) is 22.8. The van der Waals surface area contributed by atoms with Gasteiger partial charge in [-0.25, -0.2) is 36.5 Å². The first kappa shape index (κ1) is 33.2. The molecular weight excluding hydrogens is 696 g/mol. The van der Waals surface area contributed by atoms with Gasteiger partial charge >= 0.3 is 0 Å². The number of aromatic nitrogens is 4. The lowest BCUT2D eigenvalue weighted by Gasteiger charge is -2.16. The predicted octanol–water partition coefficient (Wildman–Crippen LogP) is 0.833. The Morgan fingerprint density at radius 2 is 1.44 bits per heavy atom. The zero-order valence-electron chi connectivity index (χ0n) is 24.1. The maximum Gasteiger partial charge on any atom is 0.268 e. The molecule has 48 heavy (non-hydrogen) atoms. The van der Waals surface area contributed by atoms with Crippen LogP contribution in [0.5, 0.6) is 0 Å². The largest absolute Gasteiger partial charge is 0.463 e. The summed E-state index contributed by atoms with van der Waals surface area (Å²) in [7, 11) is -3.29. The summed E-state index contributed by atoms with van der Waals surface area (Å²) in [5.74, 6) is 0.130. The SMILES string of the molecule is Nc1ncnc2c1ncn2[C@@H]1O[C@H](CNS(=O)(=O)c2coc3ccccc3c2=O)[C@H](O)C1O.O=c1c(S(=O)(=O)Cl)coc2ccccc12. The molecular formula is C28H23ClN6O11S2. The van der Waals surface area contributed by atoms with Crippen LogP contribution in [0.15, 0.2) is 102 Å². The number of imidazole rings is 1. The molecule has 250 valence electrons. The van der Waals surface area contributed by atoms with Crippen LogP contribution in [0.1, 0.15) is 6.23 Å². The van der Waals surface area contributed by atoms with E-state index in [1.807, 2.05) is 0 Å². The van der Waals surface area contributed by atoms with Gasteiger partial charge in [-0.05, 0) is 24.3 Å². The number of benzene rings is 2. The average molecular weight is 719 g/mol. The molecule has 1 aliphatic rings. The molecule has 4 aromatic heterocycles. The van der Waals surface area contributed by atoms with Crippen LogP contribution in [0, 0.1) is 0 Å². The number of hydrogen-bond acceptors (Lipinski definition) is 15. The van der Waals surface area contributed by atoms with Crippen LogP contribution in [0.25, 0.3) is 33.1 Å².